The van der Waals surface area contributed by atoms with Crippen molar-refractivity contribution in [2.75, 3.05) is 0 Å². The first-order valence-electron chi connectivity index (χ1n) is 1.45. The molecule has 28 valence electrons. The summed E-state index contributed by atoms with van der Waals surface area (Å²) in [7, 11) is 0. The van der Waals surface area contributed by atoms with Gasteiger partial charge >= 0.3 is 0 Å². The minimum absolute atomic E-state index is 0.519. The molecule has 0 atom stereocenters. The lowest BCUT2D eigenvalue weighted by Gasteiger charge is -1.69. The maximum Gasteiger partial charge on any atom is 0.0277 e. The van der Waals surface area contributed by atoms with E-state index in [9.17, 15) is 0 Å². The van der Waals surface area contributed by atoms with Crippen molar-refractivity contribution in [3.63, 3.8) is 0 Å². The Morgan fingerprint density at radius 3 is 2.20 bits per heavy atom. The topological polar surface area (TPSA) is 23.9 Å². The van der Waals surface area contributed by atoms with Gasteiger partial charge in [-0.15, -0.1) is 0 Å². The fourth-order valence-electron chi connectivity index (χ4n) is 0. The van der Waals surface area contributed by atoms with Gasteiger partial charge in [0.05, 0.1) is 0 Å². The molecule has 0 aromatic carbocycles. The van der Waals surface area contributed by atoms with Crippen molar-refractivity contribution in [2.45, 2.75) is 6.92 Å². The van der Waals surface area contributed by atoms with Gasteiger partial charge in [0, 0.05) is 5.71 Å². The number of allylic oxidation sites excluding steroid dienone is 1. The summed E-state index contributed by atoms with van der Waals surface area (Å²) in [6.45, 7) is 5.02. The Hall–Kier alpha value is -0.590. The van der Waals surface area contributed by atoms with Gasteiger partial charge in [0.25, 0.3) is 0 Å². The maximum absolute atomic E-state index is 6.62. The van der Waals surface area contributed by atoms with Gasteiger partial charge < -0.3 is 5.41 Å². The number of hydrogen-bond donors (Lipinski definition) is 1. The maximum atomic E-state index is 6.62. The summed E-state index contributed by atoms with van der Waals surface area (Å²) >= 11 is 0. The average Bonchev–Trinajstić information content (AvgIpc) is 1.38. The second kappa shape index (κ2) is 1.70. The smallest absolute Gasteiger partial charge is 0.0277 e. The second-order valence-electron chi connectivity index (χ2n) is 0.887. The van der Waals surface area contributed by atoms with E-state index in [2.05, 4.69) is 6.58 Å². The molecule has 0 spiro atoms. The molecule has 0 aliphatic carbocycles. The van der Waals surface area contributed by atoms with E-state index in [1.54, 1.807) is 6.92 Å². The lowest BCUT2D eigenvalue weighted by molar-refractivity contribution is 1.50. The summed E-state index contributed by atoms with van der Waals surface area (Å²) < 4.78 is 0. The molecule has 0 unspecified atom stereocenters. The quantitative estimate of drug-likeness (QED) is 0.447. The normalized spacial score (nSPS) is 6.60. The molecule has 0 aromatic rings. The Bertz CT molecular complexity index is 54.7. The van der Waals surface area contributed by atoms with Gasteiger partial charge in [0.2, 0.25) is 0 Å². The van der Waals surface area contributed by atoms with Crippen LogP contribution in [0.2, 0.25) is 0 Å². The van der Waals surface area contributed by atoms with Gasteiger partial charge in [0.1, 0.15) is 0 Å². The molecule has 0 aliphatic rings. The van der Waals surface area contributed by atoms with Gasteiger partial charge in [-0.25, -0.2) is 0 Å². The van der Waals surface area contributed by atoms with Gasteiger partial charge in [-0.3, -0.25) is 0 Å². The highest BCUT2D eigenvalue weighted by molar-refractivity contribution is 5.89. The minimum atomic E-state index is 0.519. The van der Waals surface area contributed by atoms with E-state index < -0.39 is 0 Å². The van der Waals surface area contributed by atoms with E-state index in [0.29, 0.717) is 5.71 Å². The SMILES string of the molecule is C=CC(C)=N. The zero-order valence-corrected chi connectivity index (χ0v) is 3.28. The first-order chi connectivity index (χ1) is 2.27. The van der Waals surface area contributed by atoms with Gasteiger partial charge in [0.15, 0.2) is 0 Å². The summed E-state index contributed by atoms with van der Waals surface area (Å²) in [5.74, 6) is 0. The Morgan fingerprint density at radius 1 is 2.00 bits per heavy atom. The number of hydrogen-bond acceptors (Lipinski definition) is 1. The highest BCUT2D eigenvalue weighted by Gasteiger charge is 1.62. The fraction of sp³-hybridized carbons (Fsp3) is 0.250. The second-order valence-corrected chi connectivity index (χ2v) is 0.887. The van der Waals surface area contributed by atoms with Crippen LogP contribution in [0.1, 0.15) is 6.92 Å². The van der Waals surface area contributed by atoms with Gasteiger partial charge in [-0.2, -0.15) is 0 Å². The molecule has 0 aliphatic heterocycles. The molecule has 0 aromatic heterocycles. The van der Waals surface area contributed by atoms with Crippen molar-refractivity contribution >= 4 is 5.71 Å². The molecule has 0 saturated carbocycles. The van der Waals surface area contributed by atoms with E-state index in [1.807, 2.05) is 0 Å². The Labute approximate surface area is 31.8 Å². The standard InChI is InChI=1S/C4H7N/c1-3-4(2)5/h3,5H,1H2,2H3. The number of rotatable bonds is 1. The first-order valence-corrected chi connectivity index (χ1v) is 1.45. The van der Waals surface area contributed by atoms with Crippen molar-refractivity contribution in [3.8, 4) is 0 Å². The zero-order valence-electron chi connectivity index (χ0n) is 3.28. The third-order valence-corrected chi connectivity index (χ3v) is 0.306. The summed E-state index contributed by atoms with van der Waals surface area (Å²) in [5.41, 5.74) is 0.519. The van der Waals surface area contributed by atoms with Crippen LogP contribution in [0.4, 0.5) is 0 Å². The highest BCUT2D eigenvalue weighted by atomic mass is 14.4. The largest absolute Gasteiger partial charge is 0.306 e. The molecule has 0 bridgehead atoms. The lowest BCUT2D eigenvalue weighted by Crippen LogP contribution is -1.72. The molecular weight excluding hydrogens is 62.1 g/mol. The molecule has 0 radical (unpaired) electrons. The molecule has 0 heterocycles. The molecule has 5 heavy (non-hydrogen) atoms. The average molecular weight is 69.1 g/mol. The number of nitrogens with one attached hydrogen (secondary N) is 1. The molecule has 0 amide bonds. The Balaban J connectivity index is 3.20. The molecule has 1 nitrogen and oxygen atoms in total. The van der Waals surface area contributed by atoms with Crippen molar-refractivity contribution in [1.82, 2.24) is 0 Å². The van der Waals surface area contributed by atoms with Crippen LogP contribution in [-0.2, 0) is 0 Å². The van der Waals surface area contributed by atoms with Crippen LogP contribution in [0.15, 0.2) is 12.7 Å². The molecule has 1 N–H and O–H groups in total. The van der Waals surface area contributed by atoms with E-state index in [4.69, 9.17) is 5.41 Å². The summed E-state index contributed by atoms with van der Waals surface area (Å²) in [5, 5.41) is 6.62. The highest BCUT2D eigenvalue weighted by Crippen LogP contribution is 1.62. The molecule has 0 saturated heterocycles. The minimum Gasteiger partial charge on any atom is -0.306 e. The lowest BCUT2D eigenvalue weighted by atomic mass is 10.4. The monoisotopic (exact) mass is 69.1 g/mol. The van der Waals surface area contributed by atoms with Crippen LogP contribution in [0.25, 0.3) is 0 Å². The van der Waals surface area contributed by atoms with Crippen LogP contribution in [0.5, 0.6) is 0 Å². The third kappa shape index (κ3) is 3.41. The van der Waals surface area contributed by atoms with E-state index in [-0.39, 0.29) is 0 Å². The first kappa shape index (κ1) is 4.41. The zero-order chi connectivity index (χ0) is 4.28. The Kier molecular flexibility index (Phi) is 1.50. The molecule has 0 fully saturated rings. The van der Waals surface area contributed by atoms with Crippen molar-refractivity contribution in [1.29, 1.82) is 5.41 Å². The summed E-state index contributed by atoms with van der Waals surface area (Å²) in [6.07, 6.45) is 1.50. The van der Waals surface area contributed by atoms with Crippen LogP contribution in [-0.4, -0.2) is 5.71 Å². The van der Waals surface area contributed by atoms with Crippen molar-refractivity contribution in [3.05, 3.63) is 12.7 Å². The predicted molar refractivity (Wildman–Crippen MR) is 23.6 cm³/mol. The van der Waals surface area contributed by atoms with Gasteiger partial charge in [-0.1, -0.05) is 6.58 Å². The van der Waals surface area contributed by atoms with E-state index in [1.165, 1.54) is 6.08 Å². The van der Waals surface area contributed by atoms with Crippen LogP contribution in [0.3, 0.4) is 0 Å². The van der Waals surface area contributed by atoms with E-state index >= 15 is 0 Å². The predicted octanol–water partition coefficient (Wildman–Crippen LogP) is 1.21. The fourth-order valence-corrected chi connectivity index (χ4v) is 0. The van der Waals surface area contributed by atoms with Crippen molar-refractivity contribution < 1.29 is 0 Å². The molecule has 1 heteroatoms. The van der Waals surface area contributed by atoms with Crippen molar-refractivity contribution in [2.24, 2.45) is 0 Å². The summed E-state index contributed by atoms with van der Waals surface area (Å²) in [6, 6.07) is 0. The molecular formula is C4H7N. The van der Waals surface area contributed by atoms with Crippen LogP contribution in [0, 0.1) is 5.41 Å². The van der Waals surface area contributed by atoms with E-state index in [0.717, 1.165) is 0 Å². The van der Waals surface area contributed by atoms with Crippen LogP contribution < -0.4 is 0 Å². The summed E-state index contributed by atoms with van der Waals surface area (Å²) in [4.78, 5) is 0. The third-order valence-electron chi connectivity index (χ3n) is 0.306. The molecule has 0 rings (SSSR count). The Morgan fingerprint density at radius 2 is 2.20 bits per heavy atom. The van der Waals surface area contributed by atoms with Crippen LogP contribution >= 0.6 is 0 Å². The van der Waals surface area contributed by atoms with Gasteiger partial charge in [-0.05, 0) is 13.0 Å².